The van der Waals surface area contributed by atoms with Crippen LogP contribution in [0, 0.1) is 13.8 Å². The first-order valence-electron chi connectivity index (χ1n) is 10.1. The molecule has 2 aliphatic heterocycles. The summed E-state index contributed by atoms with van der Waals surface area (Å²) < 4.78 is 15.9. The van der Waals surface area contributed by atoms with Gasteiger partial charge in [0.05, 0.1) is 0 Å². The summed E-state index contributed by atoms with van der Waals surface area (Å²) in [5.41, 5.74) is 7.27. The van der Waals surface area contributed by atoms with Crippen molar-refractivity contribution < 1.29 is 5.79 Å². The minimum Gasteiger partial charge on any atom is -0.437 e. The Balaban J connectivity index is 1.65. The topological polar surface area (TPSA) is 29.3 Å². The molecule has 0 saturated carbocycles. The molecule has 1 saturated heterocycles. The van der Waals surface area contributed by atoms with Gasteiger partial charge in [-0.15, -0.1) is 0 Å². The lowest BCUT2D eigenvalue weighted by atomic mass is 9.77. The highest BCUT2D eigenvalue weighted by Crippen LogP contribution is 2.55. The summed E-state index contributed by atoms with van der Waals surface area (Å²) in [5.74, 6) is -0.593. The highest BCUT2D eigenvalue weighted by atomic mass is 16.3. The monoisotopic (exact) mass is 355 g/mol. The van der Waals surface area contributed by atoms with Crippen molar-refractivity contribution in [2.24, 2.45) is 0 Å². The van der Waals surface area contributed by atoms with Crippen LogP contribution in [0.25, 0.3) is 22.1 Å². The van der Waals surface area contributed by atoms with Gasteiger partial charge in [-0.1, -0.05) is 30.3 Å². The van der Waals surface area contributed by atoms with Crippen molar-refractivity contribution >= 4 is 27.8 Å². The van der Waals surface area contributed by atoms with Crippen LogP contribution in [0.2, 0.25) is 0 Å². The number of nitrogens with zero attached hydrogens (tertiary/aromatic N) is 2. The molecule has 3 atom stereocenters. The zero-order chi connectivity index (χ0) is 19.2. The summed E-state index contributed by atoms with van der Waals surface area (Å²) in [6.45, 7) is 7.12. The van der Waals surface area contributed by atoms with Crippen molar-refractivity contribution in [1.29, 1.82) is 0 Å². The molecule has 3 heteroatoms. The fourth-order valence-corrected chi connectivity index (χ4v) is 5.18. The number of benzene rings is 2. The zero-order valence-electron chi connectivity index (χ0n) is 16.8. The average molecular weight is 355 g/mol. The maximum Gasteiger partial charge on any atom is 0.227 e. The van der Waals surface area contributed by atoms with Crippen LogP contribution in [0.4, 0.5) is 5.69 Å². The first-order chi connectivity index (χ1) is 13.5. The second-order valence-electron chi connectivity index (χ2n) is 7.97. The number of furan rings is 1. The van der Waals surface area contributed by atoms with Crippen molar-refractivity contribution in [3.8, 4) is 0 Å². The quantitative estimate of drug-likeness (QED) is 0.439. The Labute approximate surface area is 160 Å². The van der Waals surface area contributed by atoms with Crippen LogP contribution in [0.5, 0.6) is 0 Å². The van der Waals surface area contributed by atoms with E-state index < -0.39 is 5.89 Å². The summed E-state index contributed by atoms with van der Waals surface area (Å²) >= 11 is 0. The highest BCUT2D eigenvalue weighted by molar-refractivity contribution is 6.05. The molecule has 2 aromatic heterocycles. The van der Waals surface area contributed by atoms with E-state index in [-0.39, 0.29) is 12.0 Å². The minimum atomic E-state index is -0.655. The van der Waals surface area contributed by atoms with E-state index in [9.17, 15) is 1.37 Å². The van der Waals surface area contributed by atoms with Crippen molar-refractivity contribution in [3.05, 3.63) is 70.9 Å². The lowest BCUT2D eigenvalue weighted by Crippen LogP contribution is -2.31. The zero-order valence-corrected chi connectivity index (χ0v) is 15.8. The summed E-state index contributed by atoms with van der Waals surface area (Å²) in [6.07, 6.45) is 0. The van der Waals surface area contributed by atoms with E-state index in [1.54, 1.807) is 0 Å². The predicted molar refractivity (Wildman–Crippen MR) is 110 cm³/mol. The second kappa shape index (κ2) is 5.13. The van der Waals surface area contributed by atoms with Crippen LogP contribution in [0.3, 0.4) is 0 Å². The Morgan fingerprint density at radius 3 is 2.78 bits per heavy atom. The van der Waals surface area contributed by atoms with E-state index in [1.807, 2.05) is 13.0 Å². The van der Waals surface area contributed by atoms with Crippen LogP contribution < -0.4 is 4.90 Å². The largest absolute Gasteiger partial charge is 0.437 e. The van der Waals surface area contributed by atoms with Crippen molar-refractivity contribution in [1.82, 2.24) is 4.98 Å². The second-order valence-corrected chi connectivity index (χ2v) is 7.97. The van der Waals surface area contributed by atoms with Gasteiger partial charge in [0.2, 0.25) is 5.71 Å². The number of hydrogen-bond donors (Lipinski definition) is 0. The summed E-state index contributed by atoms with van der Waals surface area (Å²) in [6, 6.07) is 17.1. The lowest BCUT2D eigenvalue weighted by molar-refractivity contribution is 0.555. The van der Waals surface area contributed by atoms with Gasteiger partial charge in [-0.3, -0.25) is 0 Å². The first-order valence-corrected chi connectivity index (χ1v) is 9.64. The molecule has 0 N–H and O–H groups in total. The van der Waals surface area contributed by atoms with Crippen LogP contribution >= 0.6 is 0 Å². The molecule has 4 heterocycles. The number of fused-ring (bicyclic) bond motifs is 8. The first kappa shape index (κ1) is 14.3. The van der Waals surface area contributed by atoms with E-state index in [0.717, 1.165) is 34.2 Å². The van der Waals surface area contributed by atoms with Crippen molar-refractivity contribution in [2.45, 2.75) is 38.6 Å². The normalized spacial score (nSPS) is 26.8. The fraction of sp³-hybridized carbons (Fsp3) is 0.292. The van der Waals surface area contributed by atoms with Gasteiger partial charge in [-0.25, -0.2) is 4.98 Å². The van der Waals surface area contributed by atoms with Crippen LogP contribution in [0.15, 0.2) is 52.9 Å². The highest BCUT2D eigenvalue weighted by Gasteiger charge is 2.48. The smallest absolute Gasteiger partial charge is 0.227 e. The average Bonchev–Trinajstić information content (AvgIpc) is 3.27. The van der Waals surface area contributed by atoms with E-state index >= 15 is 0 Å². The third kappa shape index (κ3) is 1.89. The SMILES string of the molecule is [2H]C12CN(c3ccccc31)C(C)C2c1c(C)ccc2c1oc1nc(C)ccc12. The van der Waals surface area contributed by atoms with Crippen LogP contribution in [-0.4, -0.2) is 17.6 Å². The van der Waals surface area contributed by atoms with Crippen molar-refractivity contribution in [3.63, 3.8) is 0 Å². The van der Waals surface area contributed by atoms with Gasteiger partial charge in [0.15, 0.2) is 0 Å². The molecular weight excluding hydrogens is 332 g/mol. The van der Waals surface area contributed by atoms with Gasteiger partial charge >= 0.3 is 0 Å². The number of pyridine rings is 1. The molecule has 3 unspecified atom stereocenters. The van der Waals surface area contributed by atoms with E-state index in [0.29, 0.717) is 5.71 Å². The van der Waals surface area contributed by atoms with E-state index in [2.05, 4.69) is 66.2 Å². The van der Waals surface area contributed by atoms with Crippen LogP contribution in [0.1, 0.15) is 42.5 Å². The fourth-order valence-electron chi connectivity index (χ4n) is 5.18. The van der Waals surface area contributed by atoms with Crippen LogP contribution in [-0.2, 0) is 0 Å². The third-order valence-electron chi connectivity index (χ3n) is 6.46. The Bertz CT molecular complexity index is 1280. The number of rotatable bonds is 1. The van der Waals surface area contributed by atoms with Gasteiger partial charge < -0.3 is 9.32 Å². The molecule has 4 aromatic rings. The molecule has 134 valence electrons. The molecule has 1 fully saturated rings. The Kier molecular flexibility index (Phi) is 2.71. The maximum absolute atomic E-state index is 9.52. The molecular formula is C24H22N2O. The van der Waals surface area contributed by atoms with Gasteiger partial charge in [0.25, 0.3) is 0 Å². The number of aryl methyl sites for hydroxylation is 2. The molecule has 0 aliphatic carbocycles. The molecule has 2 aromatic carbocycles. The third-order valence-corrected chi connectivity index (χ3v) is 6.46. The molecule has 2 bridgehead atoms. The Hall–Kier alpha value is -2.81. The molecule has 3 nitrogen and oxygen atoms in total. The lowest BCUT2D eigenvalue weighted by Gasteiger charge is -2.33. The maximum atomic E-state index is 9.52. The number of hydrogen-bond acceptors (Lipinski definition) is 3. The van der Waals surface area contributed by atoms with Gasteiger partial charge in [-0.05, 0) is 50.1 Å². The number of para-hydroxylation sites is 1. The van der Waals surface area contributed by atoms with Gasteiger partial charge in [-0.2, -0.15) is 0 Å². The molecule has 2 aliphatic rings. The molecule has 0 spiro atoms. The molecule has 0 amide bonds. The van der Waals surface area contributed by atoms with Crippen molar-refractivity contribution in [2.75, 3.05) is 11.4 Å². The molecule has 6 rings (SSSR count). The molecule has 27 heavy (non-hydrogen) atoms. The summed E-state index contributed by atoms with van der Waals surface area (Å²) in [4.78, 5) is 7.01. The Morgan fingerprint density at radius 2 is 1.89 bits per heavy atom. The number of anilines is 1. The Morgan fingerprint density at radius 1 is 1.07 bits per heavy atom. The van der Waals surface area contributed by atoms with Gasteiger partial charge in [0, 0.05) is 53.5 Å². The standard InChI is InChI=1S/C24H22N2O/c1-13-8-10-17-18-11-9-14(2)25-24(18)27-23(17)21(13)22-15(3)26-12-19(22)16-6-4-5-7-20(16)26/h4-11,15,19,22H,12H2,1-3H3/i19D. The molecule has 0 radical (unpaired) electrons. The summed E-state index contributed by atoms with van der Waals surface area (Å²) in [5, 5.41) is 2.15. The minimum absolute atomic E-state index is 0.0627. The van der Waals surface area contributed by atoms with E-state index in [4.69, 9.17) is 4.42 Å². The number of aromatic nitrogens is 1. The summed E-state index contributed by atoms with van der Waals surface area (Å²) in [7, 11) is 0. The van der Waals surface area contributed by atoms with Gasteiger partial charge in [0.1, 0.15) is 5.58 Å². The van der Waals surface area contributed by atoms with E-state index in [1.165, 1.54) is 16.8 Å². The predicted octanol–water partition coefficient (Wildman–Crippen LogP) is 5.69.